The molecule has 0 saturated heterocycles. The Balaban J connectivity index is 1.89. The lowest BCUT2D eigenvalue weighted by molar-refractivity contribution is 0.303. The molecule has 2 rings (SSSR count). The van der Waals surface area contributed by atoms with Crippen molar-refractivity contribution in [3.63, 3.8) is 0 Å². The van der Waals surface area contributed by atoms with Crippen LogP contribution in [0.3, 0.4) is 0 Å². The summed E-state index contributed by atoms with van der Waals surface area (Å²) in [5.74, 6) is 0.994. The third-order valence-electron chi connectivity index (χ3n) is 2.80. The molecule has 88 valence electrons. The fraction of sp³-hybridized carbons (Fsp3) is 0.538. The predicted octanol–water partition coefficient (Wildman–Crippen LogP) is 1.88. The van der Waals surface area contributed by atoms with E-state index in [2.05, 4.69) is 41.5 Å². The van der Waals surface area contributed by atoms with Crippen molar-refractivity contribution >= 4 is 5.69 Å². The number of nitrogens with one attached hydrogen (secondary N) is 1. The first-order valence-electron chi connectivity index (χ1n) is 5.92. The smallest absolute Gasteiger partial charge is 0.119 e. The Hall–Kier alpha value is -1.22. The molecule has 0 unspecified atom stereocenters. The second-order valence-corrected chi connectivity index (χ2v) is 4.34. The summed E-state index contributed by atoms with van der Waals surface area (Å²) in [6, 6.07) is 8.35. The molecule has 0 aromatic heterocycles. The summed E-state index contributed by atoms with van der Waals surface area (Å²) >= 11 is 0. The van der Waals surface area contributed by atoms with E-state index in [4.69, 9.17) is 4.74 Å². The van der Waals surface area contributed by atoms with Gasteiger partial charge in [-0.05, 0) is 44.2 Å². The topological polar surface area (TPSA) is 24.5 Å². The summed E-state index contributed by atoms with van der Waals surface area (Å²) in [6.07, 6.45) is 2.90. The Morgan fingerprint density at radius 1 is 1.31 bits per heavy atom. The van der Waals surface area contributed by atoms with Crippen LogP contribution < -0.4 is 15.0 Å². The van der Waals surface area contributed by atoms with Gasteiger partial charge < -0.3 is 15.0 Å². The highest BCUT2D eigenvalue weighted by molar-refractivity contribution is 5.48. The van der Waals surface area contributed by atoms with Gasteiger partial charge in [0, 0.05) is 25.8 Å². The van der Waals surface area contributed by atoms with E-state index in [1.54, 1.807) is 0 Å². The second kappa shape index (κ2) is 5.21. The van der Waals surface area contributed by atoms with Gasteiger partial charge in [0.2, 0.25) is 0 Å². The van der Waals surface area contributed by atoms with Gasteiger partial charge in [0.25, 0.3) is 0 Å². The molecule has 3 nitrogen and oxygen atoms in total. The van der Waals surface area contributed by atoms with Gasteiger partial charge in [0.15, 0.2) is 0 Å². The van der Waals surface area contributed by atoms with Crippen LogP contribution in [0.25, 0.3) is 0 Å². The molecule has 1 saturated carbocycles. The zero-order valence-corrected chi connectivity index (χ0v) is 10.1. The van der Waals surface area contributed by atoms with E-state index in [-0.39, 0.29) is 0 Å². The van der Waals surface area contributed by atoms with Crippen molar-refractivity contribution in [1.29, 1.82) is 0 Å². The highest BCUT2D eigenvalue weighted by Gasteiger charge is 2.23. The lowest BCUT2D eigenvalue weighted by Gasteiger charge is -2.19. The van der Waals surface area contributed by atoms with Crippen LogP contribution in [0.1, 0.15) is 12.8 Å². The summed E-state index contributed by atoms with van der Waals surface area (Å²) in [4.78, 5) is 2.23. The zero-order valence-electron chi connectivity index (χ0n) is 10.1. The Morgan fingerprint density at radius 2 is 2.00 bits per heavy atom. The number of ether oxygens (including phenoxy) is 1. The summed E-state index contributed by atoms with van der Waals surface area (Å²) in [5, 5.41) is 3.15. The molecule has 1 fully saturated rings. The van der Waals surface area contributed by atoms with E-state index in [1.165, 1.54) is 18.5 Å². The highest BCUT2D eigenvalue weighted by atomic mass is 16.5. The van der Waals surface area contributed by atoms with Gasteiger partial charge in [0.1, 0.15) is 5.75 Å². The van der Waals surface area contributed by atoms with Crippen molar-refractivity contribution in [2.45, 2.75) is 18.9 Å². The first-order chi connectivity index (χ1) is 7.79. The maximum absolute atomic E-state index is 5.71. The van der Waals surface area contributed by atoms with Crippen LogP contribution in [-0.2, 0) is 0 Å². The molecule has 1 aliphatic rings. The lowest BCUT2D eigenvalue weighted by atomic mass is 10.3. The van der Waals surface area contributed by atoms with E-state index in [1.807, 2.05) is 7.05 Å². The molecule has 0 atom stereocenters. The molecule has 3 heteroatoms. The second-order valence-electron chi connectivity index (χ2n) is 4.34. The Morgan fingerprint density at radius 3 is 2.56 bits per heavy atom. The minimum absolute atomic E-state index is 0.480. The minimum Gasteiger partial charge on any atom is -0.490 e. The van der Waals surface area contributed by atoms with Crippen LogP contribution in [0.5, 0.6) is 5.75 Å². The van der Waals surface area contributed by atoms with E-state index < -0.39 is 0 Å². The van der Waals surface area contributed by atoms with Crippen molar-refractivity contribution in [2.24, 2.45) is 0 Å². The molecule has 1 aromatic carbocycles. The average molecular weight is 220 g/mol. The van der Waals surface area contributed by atoms with Crippen LogP contribution in [-0.4, -0.2) is 33.3 Å². The zero-order chi connectivity index (χ0) is 11.4. The maximum Gasteiger partial charge on any atom is 0.119 e. The van der Waals surface area contributed by atoms with Gasteiger partial charge in [0.05, 0.1) is 6.10 Å². The average Bonchev–Trinajstić information content (AvgIpc) is 3.11. The van der Waals surface area contributed by atoms with Crippen LogP contribution in [0.15, 0.2) is 24.3 Å². The SMILES string of the molecule is CNCCN(C)c1ccc(OC2CC2)cc1. The van der Waals surface area contributed by atoms with Crippen molar-refractivity contribution in [2.75, 3.05) is 32.1 Å². The standard InChI is InChI=1S/C13H20N2O/c1-14-9-10-15(2)11-3-5-12(6-4-11)16-13-7-8-13/h3-6,13-14H,7-10H2,1-2H3. The molecule has 0 amide bonds. The van der Waals surface area contributed by atoms with E-state index in [9.17, 15) is 0 Å². The molecule has 0 radical (unpaired) electrons. The molecule has 16 heavy (non-hydrogen) atoms. The Bertz CT molecular complexity index is 319. The summed E-state index contributed by atoms with van der Waals surface area (Å²) in [7, 11) is 4.08. The minimum atomic E-state index is 0.480. The lowest BCUT2D eigenvalue weighted by Crippen LogP contribution is -2.26. The van der Waals surface area contributed by atoms with Crippen LogP contribution in [0.4, 0.5) is 5.69 Å². The van der Waals surface area contributed by atoms with Gasteiger partial charge in [-0.3, -0.25) is 0 Å². The number of hydrogen-bond acceptors (Lipinski definition) is 3. The van der Waals surface area contributed by atoms with Crippen molar-refractivity contribution in [3.8, 4) is 5.75 Å². The number of likely N-dealkylation sites (N-methyl/N-ethyl adjacent to an activating group) is 2. The largest absolute Gasteiger partial charge is 0.490 e. The highest BCUT2D eigenvalue weighted by Crippen LogP contribution is 2.27. The fourth-order valence-electron chi connectivity index (χ4n) is 1.57. The van der Waals surface area contributed by atoms with E-state index in [0.717, 1.165) is 18.8 Å². The molecular formula is C13H20N2O. The van der Waals surface area contributed by atoms with Crippen LogP contribution in [0.2, 0.25) is 0 Å². The molecule has 0 spiro atoms. The number of nitrogens with zero attached hydrogens (tertiary/aromatic N) is 1. The Kier molecular flexibility index (Phi) is 3.67. The molecular weight excluding hydrogens is 200 g/mol. The number of anilines is 1. The predicted molar refractivity (Wildman–Crippen MR) is 67.3 cm³/mol. The quantitative estimate of drug-likeness (QED) is 0.792. The summed E-state index contributed by atoms with van der Waals surface area (Å²) in [6.45, 7) is 2.01. The third-order valence-corrected chi connectivity index (χ3v) is 2.80. The van der Waals surface area contributed by atoms with Gasteiger partial charge in [-0.2, -0.15) is 0 Å². The van der Waals surface area contributed by atoms with Crippen molar-refractivity contribution in [3.05, 3.63) is 24.3 Å². The molecule has 0 aliphatic heterocycles. The number of hydrogen-bond donors (Lipinski definition) is 1. The van der Waals surface area contributed by atoms with Gasteiger partial charge >= 0.3 is 0 Å². The van der Waals surface area contributed by atoms with Crippen molar-refractivity contribution < 1.29 is 4.74 Å². The number of benzene rings is 1. The summed E-state index contributed by atoms with van der Waals surface area (Å²) in [5.41, 5.74) is 1.23. The molecule has 0 heterocycles. The molecule has 0 bridgehead atoms. The molecule has 1 N–H and O–H groups in total. The van der Waals surface area contributed by atoms with Crippen LogP contribution in [0, 0.1) is 0 Å². The monoisotopic (exact) mass is 220 g/mol. The number of rotatable bonds is 6. The fourth-order valence-corrected chi connectivity index (χ4v) is 1.57. The Labute approximate surface area is 97.4 Å². The van der Waals surface area contributed by atoms with E-state index in [0.29, 0.717) is 6.10 Å². The summed E-state index contributed by atoms with van der Waals surface area (Å²) < 4.78 is 5.71. The van der Waals surface area contributed by atoms with Gasteiger partial charge in [-0.25, -0.2) is 0 Å². The van der Waals surface area contributed by atoms with Gasteiger partial charge in [-0.15, -0.1) is 0 Å². The van der Waals surface area contributed by atoms with Crippen LogP contribution >= 0.6 is 0 Å². The normalized spacial score (nSPS) is 14.9. The third kappa shape index (κ3) is 3.14. The first kappa shape index (κ1) is 11.3. The van der Waals surface area contributed by atoms with Crippen molar-refractivity contribution in [1.82, 2.24) is 5.32 Å². The molecule has 1 aliphatic carbocycles. The van der Waals surface area contributed by atoms with E-state index >= 15 is 0 Å². The maximum atomic E-state index is 5.71. The molecule has 1 aromatic rings. The first-order valence-corrected chi connectivity index (χ1v) is 5.92. The van der Waals surface area contributed by atoms with Gasteiger partial charge in [-0.1, -0.05) is 0 Å².